The van der Waals surface area contributed by atoms with Crippen LogP contribution in [0.15, 0.2) is 4.99 Å². The molecule has 1 aliphatic heterocycles. The minimum Gasteiger partial charge on any atom is -0.480 e. The van der Waals surface area contributed by atoms with Crippen LogP contribution >= 0.6 is 0 Å². The van der Waals surface area contributed by atoms with Crippen LogP contribution in [0.4, 0.5) is 0 Å². The first kappa shape index (κ1) is 23.6. The smallest absolute Gasteiger partial charge is 0.326 e. The number of nitrogens with zero attached hydrogens (tertiary/aromatic N) is 2. The number of unbranched alkanes of at least 4 members (excludes halogenated alkanes) is 1. The Morgan fingerprint density at radius 1 is 1.18 bits per heavy atom. The Balaban J connectivity index is 2.61. The lowest BCUT2D eigenvalue weighted by Gasteiger charge is -2.27. The maximum absolute atomic E-state index is 12.6. The minimum atomic E-state index is -1.10. The molecule has 0 bridgehead atoms. The summed E-state index contributed by atoms with van der Waals surface area (Å²) in [5.41, 5.74) is 21.9. The van der Waals surface area contributed by atoms with Gasteiger partial charge >= 0.3 is 5.97 Å². The first-order valence-electron chi connectivity index (χ1n) is 9.62. The second-order valence-electron chi connectivity index (χ2n) is 6.93. The average Bonchev–Trinajstić information content (AvgIpc) is 3.13. The van der Waals surface area contributed by atoms with E-state index in [0.29, 0.717) is 64.6 Å². The molecule has 0 saturated carbocycles. The van der Waals surface area contributed by atoms with Crippen molar-refractivity contribution < 1.29 is 19.5 Å². The molecule has 1 saturated heterocycles. The van der Waals surface area contributed by atoms with Gasteiger partial charge in [-0.2, -0.15) is 0 Å². The Morgan fingerprint density at radius 3 is 2.50 bits per heavy atom. The minimum absolute atomic E-state index is 0.0179. The molecule has 1 heterocycles. The lowest BCUT2D eigenvalue weighted by molar-refractivity contribution is -0.144. The lowest BCUT2D eigenvalue weighted by Crippen LogP contribution is -2.53. The Hall–Kier alpha value is -2.40. The van der Waals surface area contributed by atoms with Crippen molar-refractivity contribution in [3.8, 4) is 0 Å². The standard InChI is InChI=1S/C17H33N7O4/c18-8-2-1-6-12(16(27)28)23-14(25)13-7-4-10-24(13)15(26)11(19)5-3-9-22-17(20)21/h11-13H,1-10,18-19H2,(H,23,25)(H,27,28)(H4,20,21,22). The first-order valence-corrected chi connectivity index (χ1v) is 9.62. The zero-order valence-corrected chi connectivity index (χ0v) is 16.2. The molecule has 1 rings (SSSR count). The molecule has 10 N–H and O–H groups in total. The Labute approximate surface area is 164 Å². The van der Waals surface area contributed by atoms with E-state index in [9.17, 15) is 19.5 Å². The van der Waals surface area contributed by atoms with Crippen molar-refractivity contribution in [1.29, 1.82) is 0 Å². The first-order chi connectivity index (χ1) is 13.3. The van der Waals surface area contributed by atoms with Crippen molar-refractivity contribution in [2.75, 3.05) is 19.6 Å². The van der Waals surface area contributed by atoms with Gasteiger partial charge in [0.2, 0.25) is 11.8 Å². The molecule has 160 valence electrons. The number of carboxylic acids is 1. The highest BCUT2D eigenvalue weighted by molar-refractivity contribution is 5.92. The van der Waals surface area contributed by atoms with Crippen LogP contribution in [-0.2, 0) is 14.4 Å². The number of hydrogen-bond donors (Lipinski definition) is 6. The van der Waals surface area contributed by atoms with Crippen LogP contribution in [-0.4, -0.2) is 71.5 Å². The fraction of sp³-hybridized carbons (Fsp3) is 0.765. The zero-order valence-electron chi connectivity index (χ0n) is 16.2. The van der Waals surface area contributed by atoms with Gasteiger partial charge in [0.15, 0.2) is 5.96 Å². The van der Waals surface area contributed by atoms with Crippen molar-refractivity contribution in [2.45, 2.75) is 63.1 Å². The van der Waals surface area contributed by atoms with E-state index < -0.39 is 30.0 Å². The van der Waals surface area contributed by atoms with Gasteiger partial charge in [0.05, 0.1) is 6.04 Å². The highest BCUT2D eigenvalue weighted by Crippen LogP contribution is 2.19. The number of carboxylic acid groups (broad SMARTS) is 1. The number of aliphatic carboxylic acids is 1. The van der Waals surface area contributed by atoms with Crippen LogP contribution in [0.25, 0.3) is 0 Å². The lowest BCUT2D eigenvalue weighted by atomic mass is 10.1. The summed E-state index contributed by atoms with van der Waals surface area (Å²) in [5.74, 6) is -1.90. The van der Waals surface area contributed by atoms with Crippen LogP contribution in [0, 0.1) is 0 Å². The van der Waals surface area contributed by atoms with Crippen molar-refractivity contribution in [2.24, 2.45) is 27.9 Å². The molecule has 2 amide bonds. The summed E-state index contributed by atoms with van der Waals surface area (Å²) >= 11 is 0. The number of nitrogens with two attached hydrogens (primary N) is 4. The quantitative estimate of drug-likeness (QED) is 0.123. The maximum atomic E-state index is 12.6. The predicted molar refractivity (Wildman–Crippen MR) is 105 cm³/mol. The van der Waals surface area contributed by atoms with Gasteiger partial charge in [0.25, 0.3) is 0 Å². The molecular formula is C17H33N7O4. The summed E-state index contributed by atoms with van der Waals surface area (Å²) in [6, 6.07) is -2.46. The second kappa shape index (κ2) is 12.1. The van der Waals surface area contributed by atoms with Gasteiger partial charge in [-0.05, 0) is 51.5 Å². The summed E-state index contributed by atoms with van der Waals surface area (Å²) in [6.07, 6.45) is 3.64. The highest BCUT2D eigenvalue weighted by atomic mass is 16.4. The van der Waals surface area contributed by atoms with Crippen molar-refractivity contribution in [1.82, 2.24) is 10.2 Å². The SMILES string of the molecule is NCCCCC(NC(=O)C1CCCN1C(=O)C(N)CCCN=C(N)N)C(=O)O. The number of nitrogens with one attached hydrogen (secondary N) is 1. The third-order valence-corrected chi connectivity index (χ3v) is 4.68. The molecular weight excluding hydrogens is 366 g/mol. The Bertz CT molecular complexity index is 566. The maximum Gasteiger partial charge on any atom is 0.326 e. The molecule has 3 unspecified atom stereocenters. The van der Waals surface area contributed by atoms with Gasteiger partial charge in [-0.15, -0.1) is 0 Å². The normalized spacial score (nSPS) is 18.4. The van der Waals surface area contributed by atoms with Gasteiger partial charge in [-0.25, -0.2) is 4.79 Å². The molecule has 28 heavy (non-hydrogen) atoms. The van der Waals surface area contributed by atoms with E-state index in [-0.39, 0.29) is 11.9 Å². The molecule has 0 spiro atoms. The predicted octanol–water partition coefficient (Wildman–Crippen LogP) is -1.94. The van der Waals surface area contributed by atoms with Crippen LogP contribution < -0.4 is 28.3 Å². The largest absolute Gasteiger partial charge is 0.480 e. The van der Waals surface area contributed by atoms with Crippen molar-refractivity contribution >= 4 is 23.7 Å². The summed E-state index contributed by atoms with van der Waals surface area (Å²) < 4.78 is 0. The molecule has 0 aromatic carbocycles. The zero-order chi connectivity index (χ0) is 21.1. The number of aliphatic imine (C=N–C) groups is 1. The van der Waals surface area contributed by atoms with Crippen LogP contribution in [0.1, 0.15) is 44.9 Å². The second-order valence-corrected chi connectivity index (χ2v) is 6.93. The number of carbonyl (C=O) groups is 3. The number of amides is 2. The van der Waals surface area contributed by atoms with E-state index >= 15 is 0 Å². The molecule has 3 atom stereocenters. The summed E-state index contributed by atoms with van der Waals surface area (Å²) in [5, 5.41) is 11.9. The van der Waals surface area contributed by atoms with Crippen molar-refractivity contribution in [3.05, 3.63) is 0 Å². The van der Waals surface area contributed by atoms with Gasteiger partial charge in [0.1, 0.15) is 12.1 Å². The Morgan fingerprint density at radius 2 is 1.89 bits per heavy atom. The van der Waals surface area contributed by atoms with Gasteiger partial charge in [-0.3, -0.25) is 14.6 Å². The average molecular weight is 399 g/mol. The summed E-state index contributed by atoms with van der Waals surface area (Å²) in [7, 11) is 0. The van der Waals surface area contributed by atoms with E-state index in [1.54, 1.807) is 0 Å². The molecule has 11 heteroatoms. The van der Waals surface area contributed by atoms with E-state index in [2.05, 4.69) is 10.3 Å². The monoisotopic (exact) mass is 399 g/mol. The molecule has 11 nitrogen and oxygen atoms in total. The highest BCUT2D eigenvalue weighted by Gasteiger charge is 2.37. The molecule has 0 radical (unpaired) electrons. The van der Waals surface area contributed by atoms with E-state index in [4.69, 9.17) is 22.9 Å². The third-order valence-electron chi connectivity index (χ3n) is 4.68. The molecule has 1 aliphatic rings. The van der Waals surface area contributed by atoms with Crippen LogP contribution in [0.5, 0.6) is 0 Å². The number of carbonyl (C=O) groups excluding carboxylic acids is 2. The fourth-order valence-corrected chi connectivity index (χ4v) is 3.18. The fourth-order valence-electron chi connectivity index (χ4n) is 3.18. The van der Waals surface area contributed by atoms with Gasteiger partial charge in [0, 0.05) is 13.1 Å². The van der Waals surface area contributed by atoms with Gasteiger partial charge < -0.3 is 38.3 Å². The number of rotatable bonds is 12. The van der Waals surface area contributed by atoms with E-state index in [1.807, 2.05) is 0 Å². The number of guanidine groups is 1. The summed E-state index contributed by atoms with van der Waals surface area (Å²) in [4.78, 5) is 41.9. The van der Waals surface area contributed by atoms with Crippen LogP contribution in [0.2, 0.25) is 0 Å². The molecule has 1 fully saturated rings. The molecule has 0 aliphatic carbocycles. The number of likely N-dealkylation sites (tertiary alicyclic amines) is 1. The third kappa shape index (κ3) is 7.69. The Kier molecular flexibility index (Phi) is 10.2. The number of hydrogen-bond acceptors (Lipinski definition) is 6. The summed E-state index contributed by atoms with van der Waals surface area (Å²) in [6.45, 7) is 1.26. The molecule has 0 aromatic heterocycles. The van der Waals surface area contributed by atoms with Crippen LogP contribution in [0.3, 0.4) is 0 Å². The van der Waals surface area contributed by atoms with E-state index in [0.717, 1.165) is 0 Å². The van der Waals surface area contributed by atoms with Gasteiger partial charge in [-0.1, -0.05) is 0 Å². The van der Waals surface area contributed by atoms with E-state index in [1.165, 1.54) is 4.90 Å². The van der Waals surface area contributed by atoms with Crippen molar-refractivity contribution in [3.63, 3.8) is 0 Å². The topological polar surface area (TPSA) is 203 Å². The molecule has 0 aromatic rings.